The molecule has 16 heavy (non-hydrogen) atoms. The molecule has 0 amide bonds. The summed E-state index contributed by atoms with van der Waals surface area (Å²) in [6, 6.07) is 9.30. The average molecular weight is 257 g/mol. The third-order valence-electron chi connectivity index (χ3n) is 1.88. The number of allylic oxidation sites excluding steroid dienone is 2. The lowest BCUT2D eigenvalue weighted by molar-refractivity contribution is -0.134. The highest BCUT2D eigenvalue weighted by Gasteiger charge is 2.03. The van der Waals surface area contributed by atoms with Crippen molar-refractivity contribution in [3.63, 3.8) is 0 Å². The first-order valence-corrected chi connectivity index (χ1v) is 5.27. The van der Waals surface area contributed by atoms with E-state index in [2.05, 4.69) is 4.74 Å². The molecule has 0 atom stereocenters. The minimum absolute atomic E-state index is 0.103. The summed E-state index contributed by atoms with van der Waals surface area (Å²) in [5, 5.41) is 0. The number of benzene rings is 1. The fourth-order valence-electron chi connectivity index (χ4n) is 1.11. The van der Waals surface area contributed by atoms with Crippen molar-refractivity contribution in [1.82, 2.24) is 0 Å². The van der Waals surface area contributed by atoms with Gasteiger partial charge in [0, 0.05) is 11.6 Å². The van der Waals surface area contributed by atoms with Crippen LogP contribution in [0, 0.1) is 0 Å². The summed E-state index contributed by atoms with van der Waals surface area (Å²) in [7, 11) is 1.31. The largest absolute Gasteiger partial charge is 0.466 e. The normalized spacial score (nSPS) is 10.2. The molecule has 1 aromatic carbocycles. The van der Waals surface area contributed by atoms with Crippen LogP contribution in [0.15, 0.2) is 47.0 Å². The molecule has 0 saturated carbocycles. The van der Waals surface area contributed by atoms with Crippen LogP contribution < -0.4 is 0 Å². The van der Waals surface area contributed by atoms with Crippen molar-refractivity contribution in [2.24, 2.45) is 0 Å². The molecule has 0 unspecified atom stereocenters. The van der Waals surface area contributed by atoms with E-state index in [1.165, 1.54) is 19.3 Å². The zero-order chi connectivity index (χ0) is 12.0. The van der Waals surface area contributed by atoms with E-state index in [1.54, 1.807) is 0 Å². The number of hydrogen-bond donors (Lipinski definition) is 0. The molecule has 0 spiro atoms. The van der Waals surface area contributed by atoms with Gasteiger partial charge in [-0.05, 0) is 11.6 Å². The Morgan fingerprint density at radius 2 is 1.81 bits per heavy atom. The minimum atomic E-state index is -0.456. The Labute approximate surface area is 104 Å². The first-order chi connectivity index (χ1) is 7.65. The number of ether oxygens (including phenoxy) is 1. The molecule has 1 rings (SSSR count). The van der Waals surface area contributed by atoms with Crippen molar-refractivity contribution in [2.45, 2.75) is 0 Å². The molecule has 0 bridgehead atoms. The molecule has 0 saturated heterocycles. The molecule has 2 nitrogen and oxygen atoms in total. The quantitative estimate of drug-likeness (QED) is 0.470. The lowest BCUT2D eigenvalue weighted by Crippen LogP contribution is -1.94. The van der Waals surface area contributed by atoms with Crippen LogP contribution >= 0.6 is 23.2 Å². The second-order valence-electron chi connectivity index (χ2n) is 2.90. The fraction of sp³-hybridized carbons (Fsp3) is 0.0833. The summed E-state index contributed by atoms with van der Waals surface area (Å²) < 4.78 is 4.58. The molecule has 0 aliphatic heterocycles. The molecular weight excluding hydrogens is 247 g/mol. The number of halogens is 2. The standard InChI is InChI=1S/C12H10Cl2O2/c1-16-11(15)8-7-10(12(13)14)9-5-3-2-4-6-9/h2-8H,1H3/b8-7+. The van der Waals surface area contributed by atoms with E-state index in [9.17, 15) is 4.79 Å². The SMILES string of the molecule is COC(=O)/C=C/C(=C(Cl)Cl)c1ccccc1. The highest BCUT2D eigenvalue weighted by Crippen LogP contribution is 2.25. The van der Waals surface area contributed by atoms with Gasteiger partial charge in [-0.2, -0.15) is 0 Å². The highest BCUT2D eigenvalue weighted by atomic mass is 35.5. The highest BCUT2D eigenvalue weighted by molar-refractivity contribution is 6.58. The summed E-state index contributed by atoms with van der Waals surface area (Å²) in [6.45, 7) is 0. The molecule has 0 N–H and O–H groups in total. The van der Waals surface area contributed by atoms with Crippen molar-refractivity contribution in [3.8, 4) is 0 Å². The van der Waals surface area contributed by atoms with Crippen LogP contribution in [0.4, 0.5) is 0 Å². The number of methoxy groups -OCH3 is 1. The van der Waals surface area contributed by atoms with Gasteiger partial charge in [-0.15, -0.1) is 0 Å². The summed E-state index contributed by atoms with van der Waals surface area (Å²) in [4.78, 5) is 11.0. The summed E-state index contributed by atoms with van der Waals surface area (Å²) in [5.74, 6) is -0.456. The molecule has 0 aliphatic carbocycles. The van der Waals surface area contributed by atoms with E-state index in [0.29, 0.717) is 5.57 Å². The minimum Gasteiger partial charge on any atom is -0.466 e. The lowest BCUT2D eigenvalue weighted by atomic mass is 10.1. The van der Waals surface area contributed by atoms with Gasteiger partial charge in [0.05, 0.1) is 7.11 Å². The van der Waals surface area contributed by atoms with E-state index in [1.807, 2.05) is 30.3 Å². The summed E-state index contributed by atoms with van der Waals surface area (Å²) in [6.07, 6.45) is 2.80. The van der Waals surface area contributed by atoms with Gasteiger partial charge in [-0.1, -0.05) is 53.5 Å². The second kappa shape index (κ2) is 6.36. The van der Waals surface area contributed by atoms with Crippen LogP contribution in [0.1, 0.15) is 5.56 Å². The predicted molar refractivity (Wildman–Crippen MR) is 66.2 cm³/mol. The second-order valence-corrected chi connectivity index (χ2v) is 3.85. The van der Waals surface area contributed by atoms with E-state index in [0.717, 1.165) is 5.56 Å². The van der Waals surface area contributed by atoms with Gasteiger partial charge in [0.25, 0.3) is 0 Å². The molecule has 0 fully saturated rings. The van der Waals surface area contributed by atoms with E-state index in [4.69, 9.17) is 23.2 Å². The predicted octanol–water partition coefficient (Wildman–Crippen LogP) is 3.56. The molecule has 0 aliphatic rings. The molecule has 0 heterocycles. The number of carbonyl (C=O) groups is 1. The van der Waals surface area contributed by atoms with Crippen molar-refractivity contribution < 1.29 is 9.53 Å². The smallest absolute Gasteiger partial charge is 0.330 e. The Kier molecular flexibility index (Phi) is 5.09. The molecule has 0 radical (unpaired) electrons. The molecule has 84 valence electrons. The number of esters is 1. The van der Waals surface area contributed by atoms with Gasteiger partial charge in [0.2, 0.25) is 0 Å². The first kappa shape index (κ1) is 12.8. The van der Waals surface area contributed by atoms with Crippen LogP contribution in [-0.4, -0.2) is 13.1 Å². The number of hydrogen-bond acceptors (Lipinski definition) is 2. The van der Waals surface area contributed by atoms with Gasteiger partial charge >= 0.3 is 5.97 Å². The van der Waals surface area contributed by atoms with Gasteiger partial charge < -0.3 is 4.74 Å². The zero-order valence-corrected chi connectivity index (χ0v) is 10.1. The van der Waals surface area contributed by atoms with Gasteiger partial charge in [0.1, 0.15) is 4.49 Å². The van der Waals surface area contributed by atoms with Crippen molar-refractivity contribution >= 4 is 34.7 Å². The Hall–Kier alpha value is -1.25. The van der Waals surface area contributed by atoms with Gasteiger partial charge in [-0.3, -0.25) is 0 Å². The topological polar surface area (TPSA) is 26.3 Å². The zero-order valence-electron chi connectivity index (χ0n) is 8.61. The van der Waals surface area contributed by atoms with Crippen LogP contribution in [-0.2, 0) is 9.53 Å². The Balaban J connectivity index is 3.00. The van der Waals surface area contributed by atoms with Crippen LogP contribution in [0.3, 0.4) is 0 Å². The van der Waals surface area contributed by atoms with Gasteiger partial charge in [-0.25, -0.2) is 4.79 Å². The third-order valence-corrected chi connectivity index (χ3v) is 2.28. The first-order valence-electron chi connectivity index (χ1n) is 4.52. The van der Waals surface area contributed by atoms with Crippen molar-refractivity contribution in [3.05, 3.63) is 52.5 Å². The van der Waals surface area contributed by atoms with Crippen LogP contribution in [0.25, 0.3) is 5.57 Å². The maximum absolute atomic E-state index is 11.0. The Bertz CT molecular complexity index is 418. The summed E-state index contributed by atoms with van der Waals surface area (Å²) in [5.41, 5.74) is 1.41. The molecule has 1 aromatic rings. The molecule has 4 heteroatoms. The number of carbonyl (C=O) groups excluding carboxylic acids is 1. The Morgan fingerprint density at radius 1 is 1.19 bits per heavy atom. The average Bonchev–Trinajstić information content (AvgIpc) is 2.30. The van der Waals surface area contributed by atoms with Crippen molar-refractivity contribution in [2.75, 3.05) is 7.11 Å². The molecule has 0 aromatic heterocycles. The maximum atomic E-state index is 11.0. The monoisotopic (exact) mass is 256 g/mol. The van der Waals surface area contributed by atoms with E-state index in [-0.39, 0.29) is 4.49 Å². The lowest BCUT2D eigenvalue weighted by Gasteiger charge is -2.02. The summed E-state index contributed by atoms with van der Waals surface area (Å²) >= 11 is 11.5. The third kappa shape index (κ3) is 3.72. The maximum Gasteiger partial charge on any atom is 0.330 e. The van der Waals surface area contributed by atoms with Crippen LogP contribution in [0.5, 0.6) is 0 Å². The number of rotatable bonds is 3. The fourth-order valence-corrected chi connectivity index (χ4v) is 1.45. The van der Waals surface area contributed by atoms with E-state index >= 15 is 0 Å². The van der Waals surface area contributed by atoms with Crippen molar-refractivity contribution in [1.29, 1.82) is 0 Å². The molecular formula is C12H10Cl2O2. The van der Waals surface area contributed by atoms with Crippen LogP contribution in [0.2, 0.25) is 0 Å². The van der Waals surface area contributed by atoms with E-state index < -0.39 is 5.97 Å². The Morgan fingerprint density at radius 3 is 2.31 bits per heavy atom. The van der Waals surface area contributed by atoms with Gasteiger partial charge in [0.15, 0.2) is 0 Å².